The lowest BCUT2D eigenvalue weighted by atomic mass is 9.91. The van der Waals surface area contributed by atoms with E-state index in [0.29, 0.717) is 18.1 Å². The van der Waals surface area contributed by atoms with Crippen LogP contribution in [0.2, 0.25) is 0 Å². The number of nitrogens with zero attached hydrogens (tertiary/aromatic N) is 1. The second-order valence-electron chi connectivity index (χ2n) is 8.13. The Morgan fingerprint density at radius 1 is 1.08 bits per heavy atom. The SMILES string of the molecule is COc1ccc(C(C)COC2CCCCC2N2CC[C@@H](C)C2)cc1OC. The summed E-state index contributed by atoms with van der Waals surface area (Å²) in [5.41, 5.74) is 1.24. The molecule has 0 bridgehead atoms. The van der Waals surface area contributed by atoms with E-state index in [1.54, 1.807) is 14.2 Å². The van der Waals surface area contributed by atoms with Crippen molar-refractivity contribution in [3.05, 3.63) is 23.8 Å². The van der Waals surface area contributed by atoms with Crippen molar-refractivity contribution < 1.29 is 14.2 Å². The summed E-state index contributed by atoms with van der Waals surface area (Å²) in [5.74, 6) is 2.75. The van der Waals surface area contributed by atoms with Gasteiger partial charge in [0.25, 0.3) is 0 Å². The molecule has 0 amide bonds. The van der Waals surface area contributed by atoms with Gasteiger partial charge in [-0.2, -0.15) is 0 Å². The first-order valence-electron chi connectivity index (χ1n) is 10.2. The van der Waals surface area contributed by atoms with Crippen molar-refractivity contribution in [3.63, 3.8) is 0 Å². The summed E-state index contributed by atoms with van der Waals surface area (Å²) in [6.45, 7) is 7.86. The first kappa shape index (κ1) is 19.5. The summed E-state index contributed by atoms with van der Waals surface area (Å²) in [6, 6.07) is 6.80. The predicted molar refractivity (Wildman–Crippen MR) is 105 cm³/mol. The summed E-state index contributed by atoms with van der Waals surface area (Å²) in [4.78, 5) is 2.69. The maximum atomic E-state index is 6.48. The van der Waals surface area contributed by atoms with Crippen molar-refractivity contribution in [1.82, 2.24) is 4.90 Å². The van der Waals surface area contributed by atoms with Crippen molar-refractivity contribution in [2.24, 2.45) is 5.92 Å². The largest absolute Gasteiger partial charge is 0.493 e. The number of hydrogen-bond acceptors (Lipinski definition) is 4. The van der Waals surface area contributed by atoms with Crippen LogP contribution >= 0.6 is 0 Å². The van der Waals surface area contributed by atoms with Gasteiger partial charge in [0.2, 0.25) is 0 Å². The molecule has 4 heteroatoms. The zero-order valence-corrected chi connectivity index (χ0v) is 16.9. The van der Waals surface area contributed by atoms with Crippen LogP contribution in [0.25, 0.3) is 0 Å². The van der Waals surface area contributed by atoms with Crippen molar-refractivity contribution in [3.8, 4) is 11.5 Å². The molecule has 1 aromatic rings. The highest BCUT2D eigenvalue weighted by molar-refractivity contribution is 5.43. The molecular weight excluding hydrogens is 326 g/mol. The molecular formula is C22H35NO3. The normalized spacial score (nSPS) is 28.1. The third kappa shape index (κ3) is 4.52. The maximum absolute atomic E-state index is 6.48. The zero-order valence-electron chi connectivity index (χ0n) is 16.9. The zero-order chi connectivity index (χ0) is 18.5. The Hall–Kier alpha value is -1.26. The number of ether oxygens (including phenoxy) is 3. The summed E-state index contributed by atoms with van der Waals surface area (Å²) < 4.78 is 17.3. The number of hydrogen-bond donors (Lipinski definition) is 0. The van der Waals surface area contributed by atoms with E-state index >= 15 is 0 Å². The minimum absolute atomic E-state index is 0.342. The van der Waals surface area contributed by atoms with E-state index in [0.717, 1.165) is 24.0 Å². The predicted octanol–water partition coefficient (Wildman–Crippen LogP) is 4.48. The van der Waals surface area contributed by atoms with Crippen molar-refractivity contribution in [2.75, 3.05) is 33.9 Å². The molecule has 1 aromatic carbocycles. The first-order chi connectivity index (χ1) is 12.6. The van der Waals surface area contributed by atoms with Crippen molar-refractivity contribution >= 4 is 0 Å². The molecule has 4 atom stereocenters. The topological polar surface area (TPSA) is 30.9 Å². The second-order valence-corrected chi connectivity index (χ2v) is 8.13. The molecule has 2 aliphatic rings. The second kappa shape index (κ2) is 9.09. The van der Waals surface area contributed by atoms with E-state index in [4.69, 9.17) is 14.2 Å². The lowest BCUT2D eigenvalue weighted by Gasteiger charge is -2.38. The molecule has 0 spiro atoms. The number of rotatable bonds is 7. The molecule has 1 saturated carbocycles. The Bertz CT molecular complexity index is 577. The fourth-order valence-corrected chi connectivity index (χ4v) is 4.48. The van der Waals surface area contributed by atoms with Gasteiger partial charge in [0, 0.05) is 18.5 Å². The van der Waals surface area contributed by atoms with Crippen molar-refractivity contribution in [2.45, 2.75) is 64.0 Å². The molecule has 1 aliphatic heterocycles. The van der Waals surface area contributed by atoms with Gasteiger partial charge in [-0.1, -0.05) is 32.8 Å². The van der Waals surface area contributed by atoms with E-state index in [1.807, 2.05) is 6.07 Å². The summed E-state index contributed by atoms with van der Waals surface area (Å²) in [7, 11) is 3.36. The van der Waals surface area contributed by atoms with E-state index in [9.17, 15) is 0 Å². The van der Waals surface area contributed by atoms with Gasteiger partial charge in [0.05, 0.1) is 26.9 Å². The molecule has 0 aromatic heterocycles. The van der Waals surface area contributed by atoms with E-state index in [-0.39, 0.29) is 0 Å². The Kier molecular flexibility index (Phi) is 6.82. The van der Waals surface area contributed by atoms with E-state index in [1.165, 1.54) is 50.8 Å². The molecule has 0 radical (unpaired) electrons. The number of likely N-dealkylation sites (tertiary alicyclic amines) is 1. The minimum atomic E-state index is 0.342. The molecule has 1 saturated heterocycles. The molecule has 146 valence electrons. The van der Waals surface area contributed by atoms with Crippen LogP contribution in [0.5, 0.6) is 11.5 Å². The van der Waals surface area contributed by atoms with Crippen LogP contribution in [0.4, 0.5) is 0 Å². The van der Waals surface area contributed by atoms with Gasteiger partial charge in [0.15, 0.2) is 11.5 Å². The molecule has 3 rings (SSSR count). The fraction of sp³-hybridized carbons (Fsp3) is 0.727. The van der Waals surface area contributed by atoms with Gasteiger partial charge in [-0.3, -0.25) is 4.90 Å². The minimum Gasteiger partial charge on any atom is -0.493 e. The van der Waals surface area contributed by atoms with Crippen LogP contribution in [0, 0.1) is 5.92 Å². The van der Waals surface area contributed by atoms with Crippen LogP contribution in [0.3, 0.4) is 0 Å². The lowest BCUT2D eigenvalue weighted by molar-refractivity contribution is -0.0350. The summed E-state index contributed by atoms with van der Waals surface area (Å²) in [5, 5.41) is 0. The van der Waals surface area contributed by atoms with Crippen molar-refractivity contribution in [1.29, 1.82) is 0 Å². The highest BCUT2D eigenvalue weighted by Gasteiger charge is 2.34. The molecule has 1 heterocycles. The smallest absolute Gasteiger partial charge is 0.160 e. The fourth-order valence-electron chi connectivity index (χ4n) is 4.48. The van der Waals surface area contributed by atoms with Crippen LogP contribution in [-0.2, 0) is 4.74 Å². The Morgan fingerprint density at radius 2 is 1.85 bits per heavy atom. The van der Waals surface area contributed by atoms with Gasteiger partial charge < -0.3 is 14.2 Å². The molecule has 3 unspecified atom stereocenters. The maximum Gasteiger partial charge on any atom is 0.160 e. The number of benzene rings is 1. The lowest BCUT2D eigenvalue weighted by Crippen LogP contribution is -2.45. The van der Waals surface area contributed by atoms with Gasteiger partial charge in [-0.15, -0.1) is 0 Å². The molecule has 1 aliphatic carbocycles. The summed E-state index contributed by atoms with van der Waals surface area (Å²) >= 11 is 0. The summed E-state index contributed by atoms with van der Waals surface area (Å²) in [6.07, 6.45) is 6.87. The third-order valence-electron chi connectivity index (χ3n) is 6.13. The highest BCUT2D eigenvalue weighted by atomic mass is 16.5. The van der Waals surface area contributed by atoms with Gasteiger partial charge >= 0.3 is 0 Å². The number of methoxy groups -OCH3 is 2. The average Bonchev–Trinajstić information content (AvgIpc) is 3.11. The molecule has 2 fully saturated rings. The Morgan fingerprint density at radius 3 is 2.54 bits per heavy atom. The Balaban J connectivity index is 1.59. The van der Waals surface area contributed by atoms with Crippen LogP contribution < -0.4 is 9.47 Å². The monoisotopic (exact) mass is 361 g/mol. The Labute approximate surface area is 158 Å². The molecule has 0 N–H and O–H groups in total. The van der Waals surface area contributed by atoms with E-state index < -0.39 is 0 Å². The molecule has 4 nitrogen and oxygen atoms in total. The third-order valence-corrected chi connectivity index (χ3v) is 6.13. The van der Waals surface area contributed by atoms with Crippen LogP contribution in [0.15, 0.2) is 18.2 Å². The van der Waals surface area contributed by atoms with E-state index in [2.05, 4.69) is 30.9 Å². The first-order valence-corrected chi connectivity index (χ1v) is 10.2. The van der Waals surface area contributed by atoms with Gasteiger partial charge in [-0.05, 0) is 49.4 Å². The van der Waals surface area contributed by atoms with Gasteiger partial charge in [-0.25, -0.2) is 0 Å². The van der Waals surface area contributed by atoms with Crippen LogP contribution in [0.1, 0.15) is 57.4 Å². The quantitative estimate of drug-likeness (QED) is 0.717. The highest BCUT2D eigenvalue weighted by Crippen LogP contribution is 2.33. The van der Waals surface area contributed by atoms with Gasteiger partial charge in [0.1, 0.15) is 0 Å². The average molecular weight is 362 g/mol. The van der Waals surface area contributed by atoms with Crippen LogP contribution in [-0.4, -0.2) is 51.0 Å². The molecule has 26 heavy (non-hydrogen) atoms. The standard InChI is InChI=1S/C22H35NO3/c1-16-11-12-23(14-16)19-7-5-6-8-20(19)26-15-17(2)18-9-10-21(24-3)22(13-18)25-4/h9-10,13,16-17,19-20H,5-8,11-12,14-15H2,1-4H3/t16-,17?,19?,20?/m1/s1.